The fourth-order valence-corrected chi connectivity index (χ4v) is 2.78. The van der Waals surface area contributed by atoms with Gasteiger partial charge in [0, 0.05) is 6.04 Å². The van der Waals surface area contributed by atoms with Gasteiger partial charge in [-0.05, 0) is 35.3 Å². The Kier molecular flexibility index (Phi) is 4.05. The summed E-state index contributed by atoms with van der Waals surface area (Å²) in [5, 5.41) is 15.1. The van der Waals surface area contributed by atoms with Crippen LogP contribution in [0.4, 0.5) is 11.6 Å². The van der Waals surface area contributed by atoms with Gasteiger partial charge in [0.1, 0.15) is 5.76 Å². The lowest BCUT2D eigenvalue weighted by Gasteiger charge is -2.23. The molecule has 0 amide bonds. The van der Waals surface area contributed by atoms with Crippen LogP contribution >= 0.6 is 0 Å². The van der Waals surface area contributed by atoms with E-state index in [4.69, 9.17) is 9.05 Å². The smallest absolute Gasteiger partial charge is 0.245 e. The molecule has 1 saturated carbocycles. The molecular weight excluding hydrogens is 310 g/mol. The highest BCUT2D eigenvalue weighted by atomic mass is 16.6. The number of furan rings is 1. The molecule has 4 rings (SSSR count). The molecule has 0 saturated heterocycles. The van der Waals surface area contributed by atoms with E-state index >= 15 is 0 Å². The normalized spacial score (nSPS) is 16.0. The topological polar surface area (TPSA) is 114 Å². The van der Waals surface area contributed by atoms with Gasteiger partial charge >= 0.3 is 0 Å². The van der Waals surface area contributed by atoms with Crippen LogP contribution < -0.4 is 10.7 Å². The van der Waals surface area contributed by atoms with Gasteiger partial charge < -0.3 is 9.73 Å². The molecule has 2 N–H and O–H groups in total. The van der Waals surface area contributed by atoms with Crippen LogP contribution in [0.3, 0.4) is 0 Å². The van der Waals surface area contributed by atoms with Crippen molar-refractivity contribution in [1.82, 2.24) is 20.3 Å². The molecule has 0 aromatic carbocycles. The summed E-state index contributed by atoms with van der Waals surface area (Å²) in [4.78, 5) is 8.82. The zero-order valence-corrected chi connectivity index (χ0v) is 13.0. The molecular formula is C15H17N7O2. The molecule has 0 aliphatic heterocycles. The fourth-order valence-electron chi connectivity index (χ4n) is 2.78. The molecule has 0 radical (unpaired) electrons. The molecule has 1 fully saturated rings. The number of rotatable bonds is 5. The Hall–Kier alpha value is -2.97. The fraction of sp³-hybridized carbons (Fsp3) is 0.400. The van der Waals surface area contributed by atoms with E-state index in [-0.39, 0.29) is 0 Å². The zero-order valence-electron chi connectivity index (χ0n) is 13.0. The Morgan fingerprint density at radius 2 is 1.88 bits per heavy atom. The van der Waals surface area contributed by atoms with Crippen LogP contribution in [0.5, 0.6) is 0 Å². The van der Waals surface area contributed by atoms with Gasteiger partial charge in [0.2, 0.25) is 11.3 Å². The van der Waals surface area contributed by atoms with E-state index in [1.165, 1.54) is 19.3 Å². The summed E-state index contributed by atoms with van der Waals surface area (Å²) in [7, 11) is 0. The summed E-state index contributed by atoms with van der Waals surface area (Å²) in [6, 6.07) is 3.98. The third-order valence-electron chi connectivity index (χ3n) is 3.97. The zero-order chi connectivity index (χ0) is 16.2. The Balaban J connectivity index is 1.57. The van der Waals surface area contributed by atoms with Gasteiger partial charge in [-0.25, -0.2) is 9.61 Å². The largest absolute Gasteiger partial charge is 0.463 e. The summed E-state index contributed by atoms with van der Waals surface area (Å²) in [5.41, 5.74) is 3.59. The maximum absolute atomic E-state index is 5.20. The lowest BCUT2D eigenvalue weighted by atomic mass is 9.95. The number of hydrazone groups is 1. The van der Waals surface area contributed by atoms with Crippen molar-refractivity contribution in [3.05, 3.63) is 24.2 Å². The second kappa shape index (κ2) is 6.65. The van der Waals surface area contributed by atoms with Crippen molar-refractivity contribution in [2.24, 2.45) is 5.10 Å². The summed E-state index contributed by atoms with van der Waals surface area (Å²) in [5.74, 6) is 1.72. The predicted octanol–water partition coefficient (Wildman–Crippen LogP) is 2.80. The minimum Gasteiger partial charge on any atom is -0.463 e. The first-order chi connectivity index (χ1) is 11.9. The molecule has 0 bridgehead atoms. The quantitative estimate of drug-likeness (QED) is 0.543. The van der Waals surface area contributed by atoms with Crippen molar-refractivity contribution < 1.29 is 9.05 Å². The molecule has 1 aliphatic rings. The molecule has 24 heavy (non-hydrogen) atoms. The first kappa shape index (κ1) is 14.6. The van der Waals surface area contributed by atoms with Crippen LogP contribution in [0, 0.1) is 0 Å². The number of hydrogen-bond donors (Lipinski definition) is 2. The third kappa shape index (κ3) is 3.19. The number of aromatic nitrogens is 4. The highest BCUT2D eigenvalue weighted by molar-refractivity contribution is 5.78. The maximum atomic E-state index is 5.20. The lowest BCUT2D eigenvalue weighted by molar-refractivity contribution is 0.314. The van der Waals surface area contributed by atoms with Gasteiger partial charge in [-0.2, -0.15) is 10.1 Å². The van der Waals surface area contributed by atoms with Gasteiger partial charge in [0.25, 0.3) is 0 Å². The molecule has 0 unspecified atom stereocenters. The number of nitrogens with zero attached hydrogens (tertiary/aromatic N) is 5. The number of fused-ring (bicyclic) bond motifs is 1. The second-order valence-corrected chi connectivity index (χ2v) is 5.70. The Morgan fingerprint density at radius 1 is 1.08 bits per heavy atom. The summed E-state index contributed by atoms with van der Waals surface area (Å²) in [6.07, 6.45) is 9.12. The average Bonchev–Trinajstić information content (AvgIpc) is 3.27. The molecule has 3 aromatic heterocycles. The van der Waals surface area contributed by atoms with Gasteiger partial charge in [-0.15, -0.1) is 0 Å². The minimum atomic E-state index is 0.333. The highest BCUT2D eigenvalue weighted by Crippen LogP contribution is 2.25. The highest BCUT2D eigenvalue weighted by Gasteiger charge is 2.18. The van der Waals surface area contributed by atoms with Crippen LogP contribution in [0.15, 0.2) is 32.5 Å². The van der Waals surface area contributed by atoms with Crippen LogP contribution in [0.25, 0.3) is 11.3 Å². The maximum Gasteiger partial charge on any atom is 0.245 e. The molecule has 0 spiro atoms. The third-order valence-corrected chi connectivity index (χ3v) is 3.97. The van der Waals surface area contributed by atoms with Crippen molar-refractivity contribution >= 4 is 29.1 Å². The van der Waals surface area contributed by atoms with E-state index < -0.39 is 0 Å². The molecule has 0 atom stereocenters. The SMILES string of the molecule is C(=N\Nc1nc2nonc2nc1NC1CCCCC1)/c1ccco1. The van der Waals surface area contributed by atoms with E-state index in [0.717, 1.165) is 12.8 Å². The molecule has 9 heteroatoms. The Bertz CT molecular complexity index is 822. The molecule has 124 valence electrons. The summed E-state index contributed by atoms with van der Waals surface area (Å²) >= 11 is 0. The van der Waals surface area contributed by atoms with E-state index in [0.29, 0.717) is 34.7 Å². The van der Waals surface area contributed by atoms with Crippen LogP contribution in [0.2, 0.25) is 0 Å². The molecule has 3 aromatic rings. The predicted molar refractivity (Wildman–Crippen MR) is 87.8 cm³/mol. The van der Waals surface area contributed by atoms with E-state index in [9.17, 15) is 0 Å². The van der Waals surface area contributed by atoms with Crippen LogP contribution in [-0.2, 0) is 0 Å². The first-order valence-corrected chi connectivity index (χ1v) is 7.98. The van der Waals surface area contributed by atoms with Crippen molar-refractivity contribution in [2.75, 3.05) is 10.7 Å². The van der Waals surface area contributed by atoms with E-state index in [1.54, 1.807) is 18.5 Å². The second-order valence-electron chi connectivity index (χ2n) is 5.70. The van der Waals surface area contributed by atoms with Crippen LogP contribution in [-0.4, -0.2) is 32.5 Å². The number of nitrogens with one attached hydrogen (secondary N) is 2. The van der Waals surface area contributed by atoms with Gasteiger partial charge in [-0.1, -0.05) is 19.3 Å². The minimum absolute atomic E-state index is 0.333. The standard InChI is InChI=1S/C15H17N7O2/c1-2-5-10(6-3-1)17-12-13(19-15-14(18-12)21-24-22-15)20-16-9-11-7-4-8-23-11/h4,7-10H,1-3,5-6H2,(H,17,18,21)(H,19,20,22)/b16-9+. The van der Waals surface area contributed by atoms with Gasteiger partial charge in [0.05, 0.1) is 12.5 Å². The van der Waals surface area contributed by atoms with Crippen molar-refractivity contribution in [3.63, 3.8) is 0 Å². The number of anilines is 2. The van der Waals surface area contributed by atoms with Crippen molar-refractivity contribution in [1.29, 1.82) is 0 Å². The van der Waals surface area contributed by atoms with E-state index in [1.807, 2.05) is 6.07 Å². The first-order valence-electron chi connectivity index (χ1n) is 7.98. The van der Waals surface area contributed by atoms with Gasteiger partial charge in [0.15, 0.2) is 11.6 Å². The van der Waals surface area contributed by atoms with Gasteiger partial charge in [-0.3, -0.25) is 5.43 Å². The average molecular weight is 327 g/mol. The molecule has 1 aliphatic carbocycles. The number of hydrogen-bond acceptors (Lipinski definition) is 9. The summed E-state index contributed by atoms with van der Waals surface area (Å²) < 4.78 is 9.90. The Labute approximate surface area is 137 Å². The van der Waals surface area contributed by atoms with Crippen molar-refractivity contribution in [2.45, 2.75) is 38.1 Å². The van der Waals surface area contributed by atoms with Crippen molar-refractivity contribution in [3.8, 4) is 0 Å². The Morgan fingerprint density at radius 3 is 2.62 bits per heavy atom. The molecule has 3 heterocycles. The molecule has 9 nitrogen and oxygen atoms in total. The van der Waals surface area contributed by atoms with E-state index in [2.05, 4.69) is 36.1 Å². The summed E-state index contributed by atoms with van der Waals surface area (Å²) in [6.45, 7) is 0. The lowest BCUT2D eigenvalue weighted by Crippen LogP contribution is -2.23. The van der Waals surface area contributed by atoms with Crippen LogP contribution in [0.1, 0.15) is 37.9 Å². The monoisotopic (exact) mass is 327 g/mol.